The fraction of sp³-hybridized carbons (Fsp3) is 0.286. The van der Waals surface area contributed by atoms with Gasteiger partial charge in [0.1, 0.15) is 7.85 Å². The molecule has 0 spiro atoms. The van der Waals surface area contributed by atoms with E-state index in [-0.39, 0.29) is 0 Å². The van der Waals surface area contributed by atoms with Crippen molar-refractivity contribution in [3.8, 4) is 0 Å². The van der Waals surface area contributed by atoms with Gasteiger partial charge in [-0.3, -0.25) is 5.21 Å². The van der Waals surface area contributed by atoms with Crippen molar-refractivity contribution >= 4 is 19.1 Å². The minimum Gasteiger partial charge on any atom is -0.287 e. The molecule has 0 atom stereocenters. The molecule has 1 aliphatic heterocycles. The molecule has 1 aromatic rings. The molecule has 2 rings (SSSR count). The van der Waals surface area contributed by atoms with Gasteiger partial charge in [0.05, 0.1) is 6.54 Å². The Kier molecular flexibility index (Phi) is 1.36. The second-order valence-corrected chi connectivity index (χ2v) is 2.62. The Morgan fingerprint density at radius 2 is 2.45 bits per heavy atom. The summed E-state index contributed by atoms with van der Waals surface area (Å²) in [4.78, 5) is 3.99. The summed E-state index contributed by atoms with van der Waals surface area (Å²) in [6, 6.07) is 1.85. The van der Waals surface area contributed by atoms with Gasteiger partial charge in [-0.05, 0) is 12.0 Å². The standard InChI is InChI=1S/C7H7BN2O/c8-6-3-5-1-2-10(11)7(5)9-4-6/h3-4,11H,1-2H2. The highest BCUT2D eigenvalue weighted by Crippen LogP contribution is 2.21. The van der Waals surface area contributed by atoms with Crippen LogP contribution in [0.2, 0.25) is 0 Å². The van der Waals surface area contributed by atoms with Crippen LogP contribution in [0.15, 0.2) is 12.3 Å². The van der Waals surface area contributed by atoms with Crippen LogP contribution < -0.4 is 10.5 Å². The molecule has 3 nitrogen and oxygen atoms in total. The Labute approximate surface area is 66.0 Å². The zero-order valence-corrected chi connectivity index (χ0v) is 5.99. The van der Waals surface area contributed by atoms with Gasteiger partial charge in [0, 0.05) is 6.20 Å². The molecule has 0 bridgehead atoms. The smallest absolute Gasteiger partial charge is 0.155 e. The Morgan fingerprint density at radius 3 is 3.27 bits per heavy atom. The van der Waals surface area contributed by atoms with Crippen LogP contribution in [0.3, 0.4) is 0 Å². The number of nitrogens with zero attached hydrogens (tertiary/aromatic N) is 2. The number of rotatable bonds is 0. The zero-order chi connectivity index (χ0) is 7.84. The molecule has 2 radical (unpaired) electrons. The Hall–Kier alpha value is -1.03. The predicted molar refractivity (Wildman–Crippen MR) is 42.5 cm³/mol. The van der Waals surface area contributed by atoms with Crippen molar-refractivity contribution in [3.05, 3.63) is 17.8 Å². The lowest BCUT2D eigenvalue weighted by molar-refractivity contribution is 0.261. The van der Waals surface area contributed by atoms with Crippen molar-refractivity contribution in [2.24, 2.45) is 0 Å². The van der Waals surface area contributed by atoms with Gasteiger partial charge in [-0.1, -0.05) is 11.5 Å². The molecule has 0 saturated carbocycles. The third-order valence-electron chi connectivity index (χ3n) is 1.80. The zero-order valence-electron chi connectivity index (χ0n) is 5.99. The molecule has 0 aromatic carbocycles. The molecule has 0 aliphatic carbocycles. The van der Waals surface area contributed by atoms with E-state index in [0.717, 1.165) is 17.0 Å². The number of hydrogen-bond donors (Lipinski definition) is 1. The van der Waals surface area contributed by atoms with E-state index in [0.29, 0.717) is 17.8 Å². The highest BCUT2D eigenvalue weighted by Gasteiger charge is 2.17. The van der Waals surface area contributed by atoms with Crippen LogP contribution >= 0.6 is 0 Å². The van der Waals surface area contributed by atoms with Crippen LogP contribution in [0, 0.1) is 0 Å². The fourth-order valence-corrected chi connectivity index (χ4v) is 1.27. The molecule has 11 heavy (non-hydrogen) atoms. The summed E-state index contributed by atoms with van der Waals surface area (Å²) in [7, 11) is 5.51. The topological polar surface area (TPSA) is 36.4 Å². The van der Waals surface area contributed by atoms with E-state index in [4.69, 9.17) is 7.85 Å². The van der Waals surface area contributed by atoms with Crippen LogP contribution in [-0.4, -0.2) is 24.6 Å². The molecule has 0 saturated heterocycles. The number of pyridine rings is 1. The molecule has 4 heteroatoms. The van der Waals surface area contributed by atoms with Gasteiger partial charge in [0.25, 0.3) is 0 Å². The first-order valence-corrected chi connectivity index (χ1v) is 3.48. The lowest BCUT2D eigenvalue weighted by Crippen LogP contribution is -2.15. The first-order chi connectivity index (χ1) is 5.27. The second-order valence-electron chi connectivity index (χ2n) is 2.62. The summed E-state index contributed by atoms with van der Waals surface area (Å²) >= 11 is 0. The Balaban J connectivity index is 2.50. The van der Waals surface area contributed by atoms with Gasteiger partial charge in [-0.2, -0.15) is 0 Å². The minimum absolute atomic E-state index is 0.617. The summed E-state index contributed by atoms with van der Waals surface area (Å²) in [5.74, 6) is 0.638. The fourth-order valence-electron chi connectivity index (χ4n) is 1.27. The molecule has 2 heterocycles. The summed E-state index contributed by atoms with van der Waals surface area (Å²) in [5, 5.41) is 10.3. The number of hydrogen-bond acceptors (Lipinski definition) is 3. The van der Waals surface area contributed by atoms with E-state index in [9.17, 15) is 5.21 Å². The lowest BCUT2D eigenvalue weighted by atomic mass is 9.97. The average Bonchev–Trinajstić information content (AvgIpc) is 2.32. The van der Waals surface area contributed by atoms with E-state index >= 15 is 0 Å². The normalized spacial score (nSPS) is 15.2. The SMILES string of the molecule is [B]c1cnc2c(c1)CCN2O. The molecule has 0 fully saturated rings. The quantitative estimate of drug-likeness (QED) is 0.507. The van der Waals surface area contributed by atoms with Gasteiger partial charge >= 0.3 is 0 Å². The number of hydroxylamine groups is 1. The van der Waals surface area contributed by atoms with Gasteiger partial charge < -0.3 is 0 Å². The monoisotopic (exact) mass is 146 g/mol. The molecule has 0 amide bonds. The number of fused-ring (bicyclic) bond motifs is 1. The molecule has 1 aromatic heterocycles. The maximum absolute atomic E-state index is 9.20. The first kappa shape index (κ1) is 6.67. The molecule has 0 unspecified atom stereocenters. The highest BCUT2D eigenvalue weighted by molar-refractivity contribution is 6.32. The van der Waals surface area contributed by atoms with Crippen molar-refractivity contribution in [1.82, 2.24) is 4.98 Å². The van der Waals surface area contributed by atoms with Crippen molar-refractivity contribution in [3.63, 3.8) is 0 Å². The van der Waals surface area contributed by atoms with Crippen molar-refractivity contribution in [1.29, 1.82) is 0 Å². The van der Waals surface area contributed by atoms with Crippen molar-refractivity contribution in [2.45, 2.75) is 6.42 Å². The molecular weight excluding hydrogens is 139 g/mol. The van der Waals surface area contributed by atoms with Gasteiger partial charge in [-0.15, -0.1) is 0 Å². The third kappa shape index (κ3) is 0.992. The van der Waals surface area contributed by atoms with E-state index < -0.39 is 0 Å². The van der Waals surface area contributed by atoms with Crippen LogP contribution in [0.25, 0.3) is 0 Å². The van der Waals surface area contributed by atoms with Crippen LogP contribution in [0.1, 0.15) is 5.56 Å². The largest absolute Gasteiger partial charge is 0.287 e. The van der Waals surface area contributed by atoms with Crippen LogP contribution in [0.5, 0.6) is 0 Å². The Bertz CT molecular complexity index is 290. The van der Waals surface area contributed by atoms with Gasteiger partial charge in [-0.25, -0.2) is 10.0 Å². The van der Waals surface area contributed by atoms with E-state index in [1.54, 1.807) is 6.20 Å². The second kappa shape index (κ2) is 2.24. The molecule has 54 valence electrons. The summed E-state index contributed by atoms with van der Waals surface area (Å²) in [5.41, 5.74) is 1.67. The van der Waals surface area contributed by atoms with E-state index in [2.05, 4.69) is 4.98 Å². The van der Waals surface area contributed by atoms with Crippen LogP contribution in [-0.2, 0) is 6.42 Å². The Morgan fingerprint density at radius 1 is 1.64 bits per heavy atom. The summed E-state index contributed by atoms with van der Waals surface area (Å²) in [6.45, 7) is 0.617. The van der Waals surface area contributed by atoms with Crippen molar-refractivity contribution in [2.75, 3.05) is 11.6 Å². The summed E-state index contributed by atoms with van der Waals surface area (Å²) < 4.78 is 0. The predicted octanol–water partition coefficient (Wildman–Crippen LogP) is -0.373. The average molecular weight is 146 g/mol. The maximum atomic E-state index is 9.20. The maximum Gasteiger partial charge on any atom is 0.155 e. The number of aromatic nitrogens is 1. The number of anilines is 1. The first-order valence-electron chi connectivity index (χ1n) is 3.48. The van der Waals surface area contributed by atoms with Gasteiger partial charge in [0.2, 0.25) is 0 Å². The molecule has 1 aliphatic rings. The molecule has 1 N–H and O–H groups in total. The summed E-state index contributed by atoms with van der Waals surface area (Å²) in [6.07, 6.45) is 2.37. The third-order valence-corrected chi connectivity index (χ3v) is 1.80. The lowest BCUT2D eigenvalue weighted by Gasteiger charge is -2.07. The highest BCUT2D eigenvalue weighted by atomic mass is 16.5. The minimum atomic E-state index is 0.617. The molecular formula is C7H7BN2O. The van der Waals surface area contributed by atoms with Crippen molar-refractivity contribution < 1.29 is 5.21 Å². The van der Waals surface area contributed by atoms with E-state index in [1.165, 1.54) is 0 Å². The van der Waals surface area contributed by atoms with Gasteiger partial charge in [0.15, 0.2) is 5.82 Å². The van der Waals surface area contributed by atoms with Crippen LogP contribution in [0.4, 0.5) is 5.82 Å². The van der Waals surface area contributed by atoms with E-state index in [1.807, 2.05) is 6.07 Å².